The maximum atomic E-state index is 2.85. The molecule has 330 valence electrons. The third-order valence-electron chi connectivity index (χ3n) is 19.3. The molecule has 4 fully saturated rings. The molecule has 0 amide bonds. The van der Waals surface area contributed by atoms with Crippen molar-refractivity contribution < 1.29 is 0 Å². The number of hydrogen-bond acceptors (Lipinski definition) is 1. The minimum absolute atomic E-state index is 0.399. The average molecular weight is 876 g/mol. The Balaban J connectivity index is 0.941. The van der Waals surface area contributed by atoms with Gasteiger partial charge in [0, 0.05) is 17.1 Å². The van der Waals surface area contributed by atoms with Gasteiger partial charge in [0.25, 0.3) is 0 Å². The molecular formula is C67H57N. The number of fused-ring (bicyclic) bond motifs is 10. The van der Waals surface area contributed by atoms with E-state index in [9.17, 15) is 0 Å². The van der Waals surface area contributed by atoms with E-state index < -0.39 is 5.41 Å². The molecule has 1 spiro atoms. The first-order chi connectivity index (χ1) is 33.6. The van der Waals surface area contributed by atoms with Crippen LogP contribution in [0.4, 0.5) is 17.1 Å². The maximum Gasteiger partial charge on any atom is 0.0726 e. The smallest absolute Gasteiger partial charge is 0.0726 e. The van der Waals surface area contributed by atoms with E-state index in [0.29, 0.717) is 23.7 Å². The number of nitrogens with zero attached hydrogens (tertiary/aromatic N) is 1. The first kappa shape index (κ1) is 38.5. The molecule has 0 heterocycles. The van der Waals surface area contributed by atoms with Crippen LogP contribution < -0.4 is 4.90 Å². The van der Waals surface area contributed by atoms with E-state index in [-0.39, 0.29) is 0 Å². The molecule has 18 rings (SSSR count). The summed E-state index contributed by atoms with van der Waals surface area (Å²) in [4.78, 5) is 2.52. The fourth-order valence-corrected chi connectivity index (χ4v) is 16.9. The zero-order valence-corrected chi connectivity index (χ0v) is 38.9. The van der Waals surface area contributed by atoms with Gasteiger partial charge >= 0.3 is 0 Å². The van der Waals surface area contributed by atoms with Gasteiger partial charge in [0.05, 0.1) is 5.41 Å². The SMILES string of the molecule is c1ccc(-c2ccc(N(c3ccc(-c4ccccc4)cc3)c3ccc4c(c3)C3(c5ccccc5-4)c4cc5c(cc4-c4cc6c(cc43)C3CC4CC(CC6C4)C3)C3CC4CC(C3)CC5C4)cc2)cc1. The Morgan fingerprint density at radius 1 is 0.279 bits per heavy atom. The summed E-state index contributed by atoms with van der Waals surface area (Å²) in [6.45, 7) is 0. The van der Waals surface area contributed by atoms with Crippen LogP contribution in [0.15, 0.2) is 176 Å². The summed E-state index contributed by atoms with van der Waals surface area (Å²) >= 11 is 0. The molecule has 0 N–H and O–H groups in total. The lowest BCUT2D eigenvalue weighted by molar-refractivity contribution is 0.165. The monoisotopic (exact) mass is 875 g/mol. The molecular weight excluding hydrogens is 819 g/mol. The summed E-state index contributed by atoms with van der Waals surface area (Å²) in [7, 11) is 0. The summed E-state index contributed by atoms with van der Waals surface area (Å²) < 4.78 is 0. The highest BCUT2D eigenvalue weighted by atomic mass is 15.1. The van der Waals surface area contributed by atoms with Crippen molar-refractivity contribution in [3.63, 3.8) is 0 Å². The molecule has 8 aromatic carbocycles. The predicted molar refractivity (Wildman–Crippen MR) is 279 cm³/mol. The summed E-state index contributed by atoms with van der Waals surface area (Å²) in [6, 6.07) is 68.7. The van der Waals surface area contributed by atoms with Crippen LogP contribution in [0.2, 0.25) is 0 Å². The summed E-state index contributed by atoms with van der Waals surface area (Å²) in [5.74, 6) is 6.38. The first-order valence-corrected chi connectivity index (χ1v) is 26.3. The molecule has 4 saturated carbocycles. The van der Waals surface area contributed by atoms with Crippen LogP contribution in [-0.4, -0.2) is 0 Å². The van der Waals surface area contributed by atoms with Gasteiger partial charge in [-0.1, -0.05) is 140 Å². The predicted octanol–water partition coefficient (Wildman–Crippen LogP) is 17.6. The van der Waals surface area contributed by atoms with Gasteiger partial charge < -0.3 is 4.90 Å². The Hall–Kier alpha value is -6.44. The Morgan fingerprint density at radius 3 is 1.12 bits per heavy atom. The van der Waals surface area contributed by atoms with Crippen molar-refractivity contribution in [3.05, 3.63) is 220 Å². The van der Waals surface area contributed by atoms with Crippen LogP contribution in [0, 0.1) is 23.7 Å². The molecule has 0 aromatic heterocycles. The highest BCUT2D eigenvalue weighted by molar-refractivity contribution is 5.97. The molecule has 4 atom stereocenters. The zero-order valence-electron chi connectivity index (χ0n) is 38.9. The number of anilines is 3. The minimum atomic E-state index is -0.399. The van der Waals surface area contributed by atoms with E-state index in [1.165, 1.54) is 126 Å². The second kappa shape index (κ2) is 14.3. The van der Waals surface area contributed by atoms with Crippen LogP contribution >= 0.6 is 0 Å². The Labute approximate surface area is 401 Å². The van der Waals surface area contributed by atoms with Gasteiger partial charge in [0.15, 0.2) is 0 Å². The standard InChI is InChI=1S/C67H57N/c1-3-9-44(10-4-1)46-15-19-52(20-16-46)68(53-21-17-47(18-22-53)45-11-5-2-6-12-45)54-23-24-56-55-13-7-8-14-63(55)67(64(56)35-54)65-38-59-50-31-40-25-41(32-50)28-48(27-40)57(59)36-61(65)62-37-58-49-29-42-26-43(30-49)34-51(33-42)60(58)39-66(62)67/h1-24,35-43,48-51H,25-34H2. The largest absolute Gasteiger partial charge is 0.310 e. The van der Waals surface area contributed by atoms with Crippen LogP contribution in [-0.2, 0) is 5.41 Å². The maximum absolute atomic E-state index is 2.85. The highest BCUT2D eigenvalue weighted by Gasteiger charge is 2.55. The van der Waals surface area contributed by atoms with Crippen LogP contribution in [0.5, 0.6) is 0 Å². The molecule has 0 radical (unpaired) electrons. The molecule has 8 aromatic rings. The van der Waals surface area contributed by atoms with Gasteiger partial charge in [0.1, 0.15) is 0 Å². The molecule has 0 saturated heterocycles. The van der Waals surface area contributed by atoms with Crippen LogP contribution in [0.25, 0.3) is 44.5 Å². The highest BCUT2D eigenvalue weighted by Crippen LogP contribution is 2.68. The summed E-state index contributed by atoms with van der Waals surface area (Å²) in [5.41, 5.74) is 26.9. The van der Waals surface area contributed by atoms with E-state index in [4.69, 9.17) is 0 Å². The van der Waals surface area contributed by atoms with Crippen molar-refractivity contribution in [2.24, 2.45) is 23.7 Å². The van der Waals surface area contributed by atoms with E-state index in [2.05, 4.69) is 181 Å². The summed E-state index contributed by atoms with van der Waals surface area (Å²) in [5, 5.41) is 0. The number of hydrogen-bond donors (Lipinski definition) is 0. The second-order valence-electron chi connectivity index (χ2n) is 22.8. The van der Waals surface area contributed by atoms with Crippen molar-refractivity contribution in [2.45, 2.75) is 93.3 Å². The Kier molecular flexibility index (Phi) is 8.10. The molecule has 10 aliphatic rings. The molecule has 4 unspecified atom stereocenters. The van der Waals surface area contributed by atoms with Crippen molar-refractivity contribution in [2.75, 3.05) is 4.90 Å². The molecule has 10 aliphatic carbocycles. The first-order valence-electron chi connectivity index (χ1n) is 26.3. The lowest BCUT2D eigenvalue weighted by atomic mass is 9.66. The Morgan fingerprint density at radius 2 is 0.647 bits per heavy atom. The van der Waals surface area contributed by atoms with Gasteiger partial charge in [0.2, 0.25) is 0 Å². The topological polar surface area (TPSA) is 3.24 Å². The van der Waals surface area contributed by atoms with Crippen LogP contribution in [0.1, 0.15) is 132 Å². The quantitative estimate of drug-likeness (QED) is 0.167. The van der Waals surface area contributed by atoms with Crippen molar-refractivity contribution in [1.29, 1.82) is 0 Å². The lowest BCUT2D eigenvalue weighted by Crippen LogP contribution is -2.27. The fraction of sp³-hybridized carbons (Fsp3) is 0.284. The molecule has 8 bridgehead atoms. The van der Waals surface area contributed by atoms with Crippen molar-refractivity contribution in [3.8, 4) is 44.5 Å². The fourth-order valence-electron chi connectivity index (χ4n) is 16.9. The third kappa shape index (κ3) is 5.45. The molecule has 68 heavy (non-hydrogen) atoms. The molecule has 1 nitrogen and oxygen atoms in total. The lowest BCUT2D eigenvalue weighted by Gasteiger charge is -2.38. The van der Waals surface area contributed by atoms with Gasteiger partial charge in [-0.05, 0) is 237 Å². The van der Waals surface area contributed by atoms with Crippen molar-refractivity contribution >= 4 is 17.1 Å². The second-order valence-corrected chi connectivity index (χ2v) is 22.8. The van der Waals surface area contributed by atoms with Crippen molar-refractivity contribution in [1.82, 2.24) is 0 Å². The van der Waals surface area contributed by atoms with Gasteiger partial charge in [-0.3, -0.25) is 0 Å². The number of rotatable bonds is 5. The van der Waals surface area contributed by atoms with E-state index in [0.717, 1.165) is 23.7 Å². The molecule has 1 heteroatoms. The van der Waals surface area contributed by atoms with Gasteiger partial charge in [-0.25, -0.2) is 0 Å². The average Bonchev–Trinajstić information content (AvgIpc) is 3.68. The summed E-state index contributed by atoms with van der Waals surface area (Å²) in [6.07, 6.45) is 14.1. The van der Waals surface area contributed by atoms with E-state index in [1.807, 2.05) is 0 Å². The van der Waals surface area contributed by atoms with Gasteiger partial charge in [-0.15, -0.1) is 0 Å². The van der Waals surface area contributed by atoms with Gasteiger partial charge in [-0.2, -0.15) is 0 Å². The zero-order chi connectivity index (χ0) is 44.2. The van der Waals surface area contributed by atoms with E-state index >= 15 is 0 Å². The van der Waals surface area contributed by atoms with E-state index in [1.54, 1.807) is 44.5 Å². The van der Waals surface area contributed by atoms with Crippen LogP contribution in [0.3, 0.4) is 0 Å². The normalized spacial score (nSPS) is 27.8. The molecule has 0 aliphatic heterocycles. The minimum Gasteiger partial charge on any atom is -0.310 e. The number of benzene rings is 8. The third-order valence-corrected chi connectivity index (χ3v) is 19.3. The Bertz CT molecular complexity index is 3140.